The van der Waals surface area contributed by atoms with Crippen LogP contribution in [0, 0.1) is 6.92 Å². The first-order valence-corrected chi connectivity index (χ1v) is 12.9. The molecule has 1 saturated carbocycles. The molecule has 198 valence electrons. The van der Waals surface area contributed by atoms with Gasteiger partial charge in [-0.15, -0.1) is 0 Å². The predicted octanol–water partition coefficient (Wildman–Crippen LogP) is 6.92. The average molecular weight is 524 g/mol. The zero-order valence-corrected chi connectivity index (χ0v) is 21.8. The Hall–Kier alpha value is -4.72. The van der Waals surface area contributed by atoms with Gasteiger partial charge in [0.15, 0.2) is 11.5 Å². The summed E-state index contributed by atoms with van der Waals surface area (Å²) in [6.45, 7) is 2.56. The molecule has 0 aliphatic heterocycles. The molecule has 5 aromatic rings. The number of aromatic nitrogens is 2. The first kappa shape index (κ1) is 24.6. The van der Waals surface area contributed by atoms with E-state index < -0.39 is 11.6 Å². The van der Waals surface area contributed by atoms with Gasteiger partial charge in [0.1, 0.15) is 18.1 Å². The molecular weight excluding hydrogens is 494 g/mol. The molecule has 0 bridgehead atoms. The molecule has 1 amide bonds. The summed E-state index contributed by atoms with van der Waals surface area (Å²) in [5, 5.41) is 11.8. The fourth-order valence-corrected chi connectivity index (χ4v) is 4.99. The predicted molar refractivity (Wildman–Crippen MR) is 149 cm³/mol. The molecular formula is C31H29N3O5. The molecule has 0 spiro atoms. The molecule has 0 atom stereocenters. The molecule has 8 heteroatoms. The Morgan fingerprint density at radius 2 is 1.85 bits per heavy atom. The number of benzene rings is 3. The minimum absolute atomic E-state index is 0.223. The lowest BCUT2D eigenvalue weighted by Gasteiger charge is -2.30. The Bertz CT molecular complexity index is 1660. The summed E-state index contributed by atoms with van der Waals surface area (Å²) in [5.41, 5.74) is 3.20. The van der Waals surface area contributed by atoms with Crippen LogP contribution in [0.25, 0.3) is 21.8 Å². The first-order chi connectivity index (χ1) is 18.9. The maximum Gasteiger partial charge on any atom is 0.408 e. The number of nitrogens with zero attached hydrogens (tertiary/aromatic N) is 2. The average Bonchev–Trinajstić information content (AvgIpc) is 3.63. The SMILES string of the molecule is COc1cc2c(Oc3ccc4[nH]c(C)cc4c3)ccnc2cc1OCC1(N(Cc2ccccc2)C(=O)O)CC1. The van der Waals surface area contributed by atoms with Gasteiger partial charge in [-0.2, -0.15) is 0 Å². The van der Waals surface area contributed by atoms with Gasteiger partial charge in [0, 0.05) is 40.8 Å². The Morgan fingerprint density at radius 3 is 2.59 bits per heavy atom. The molecule has 2 aromatic heterocycles. The second-order valence-electron chi connectivity index (χ2n) is 10.0. The van der Waals surface area contributed by atoms with Crippen LogP contribution in [0.5, 0.6) is 23.0 Å². The van der Waals surface area contributed by atoms with Gasteiger partial charge in [-0.25, -0.2) is 4.79 Å². The Morgan fingerprint density at radius 1 is 1.03 bits per heavy atom. The second kappa shape index (κ2) is 9.87. The Kier molecular flexibility index (Phi) is 6.23. The van der Waals surface area contributed by atoms with Crippen molar-refractivity contribution in [3.05, 3.63) is 90.3 Å². The first-order valence-electron chi connectivity index (χ1n) is 12.9. The summed E-state index contributed by atoms with van der Waals surface area (Å²) < 4.78 is 18.2. The highest BCUT2D eigenvalue weighted by Crippen LogP contribution is 2.44. The molecule has 2 N–H and O–H groups in total. The van der Waals surface area contributed by atoms with Crippen molar-refractivity contribution in [2.45, 2.75) is 31.8 Å². The van der Waals surface area contributed by atoms with E-state index in [0.717, 1.165) is 46.1 Å². The summed E-state index contributed by atoms with van der Waals surface area (Å²) in [6.07, 6.45) is 2.22. The highest BCUT2D eigenvalue weighted by molar-refractivity contribution is 5.89. The van der Waals surface area contributed by atoms with Crippen molar-refractivity contribution in [2.24, 2.45) is 0 Å². The topological polar surface area (TPSA) is 96.9 Å². The van der Waals surface area contributed by atoms with Crippen LogP contribution in [0.3, 0.4) is 0 Å². The van der Waals surface area contributed by atoms with Crippen molar-refractivity contribution >= 4 is 27.9 Å². The Labute approximate surface area is 225 Å². The highest BCUT2D eigenvalue weighted by Gasteiger charge is 2.51. The molecule has 8 nitrogen and oxygen atoms in total. The molecule has 1 fully saturated rings. The smallest absolute Gasteiger partial charge is 0.408 e. The van der Waals surface area contributed by atoms with Crippen molar-refractivity contribution in [3.8, 4) is 23.0 Å². The van der Waals surface area contributed by atoms with Gasteiger partial charge in [-0.1, -0.05) is 30.3 Å². The van der Waals surface area contributed by atoms with Crippen molar-refractivity contribution in [2.75, 3.05) is 13.7 Å². The van der Waals surface area contributed by atoms with Crippen molar-refractivity contribution in [1.82, 2.24) is 14.9 Å². The lowest BCUT2D eigenvalue weighted by molar-refractivity contribution is 0.0878. The number of methoxy groups -OCH3 is 1. The number of hydrogen-bond acceptors (Lipinski definition) is 5. The van der Waals surface area contributed by atoms with E-state index in [1.165, 1.54) is 4.90 Å². The van der Waals surface area contributed by atoms with Gasteiger partial charge in [-0.05, 0) is 61.7 Å². The summed E-state index contributed by atoms with van der Waals surface area (Å²) >= 11 is 0. The number of ether oxygens (including phenoxy) is 3. The maximum absolute atomic E-state index is 12.2. The lowest BCUT2D eigenvalue weighted by atomic mass is 10.1. The maximum atomic E-state index is 12.2. The van der Waals surface area contributed by atoms with Gasteiger partial charge < -0.3 is 24.3 Å². The van der Waals surface area contributed by atoms with Gasteiger partial charge in [0.05, 0.1) is 18.2 Å². The summed E-state index contributed by atoms with van der Waals surface area (Å²) in [5.74, 6) is 2.40. The minimum Gasteiger partial charge on any atom is -0.493 e. The summed E-state index contributed by atoms with van der Waals surface area (Å²) in [7, 11) is 1.58. The van der Waals surface area contributed by atoms with Crippen LogP contribution in [-0.4, -0.2) is 45.3 Å². The second-order valence-corrected chi connectivity index (χ2v) is 10.0. The number of nitrogens with one attached hydrogen (secondary N) is 1. The third-order valence-corrected chi connectivity index (χ3v) is 7.25. The molecule has 3 aromatic carbocycles. The number of amides is 1. The van der Waals surface area contributed by atoms with Crippen molar-refractivity contribution in [3.63, 3.8) is 0 Å². The van der Waals surface area contributed by atoms with E-state index in [1.807, 2.05) is 73.7 Å². The number of aryl methyl sites for hydroxylation is 1. The fourth-order valence-electron chi connectivity index (χ4n) is 4.99. The third kappa shape index (κ3) is 4.93. The van der Waals surface area contributed by atoms with Crippen LogP contribution in [-0.2, 0) is 6.54 Å². The number of H-pyrrole nitrogens is 1. The number of carboxylic acid groups (broad SMARTS) is 1. The van der Waals surface area contributed by atoms with Gasteiger partial charge in [0.2, 0.25) is 0 Å². The van der Waals surface area contributed by atoms with E-state index in [4.69, 9.17) is 14.2 Å². The van der Waals surface area contributed by atoms with E-state index >= 15 is 0 Å². The number of aromatic amines is 1. The van der Waals surface area contributed by atoms with Crippen LogP contribution in [0.15, 0.2) is 79.0 Å². The summed E-state index contributed by atoms with van der Waals surface area (Å²) in [6, 6.07) is 23.1. The molecule has 0 saturated heterocycles. The van der Waals surface area contributed by atoms with E-state index in [0.29, 0.717) is 29.3 Å². The normalized spacial score (nSPS) is 13.8. The minimum atomic E-state index is -0.957. The largest absolute Gasteiger partial charge is 0.493 e. The number of rotatable bonds is 9. The van der Waals surface area contributed by atoms with Gasteiger partial charge in [0.25, 0.3) is 0 Å². The standard InChI is InChI=1S/C31H29N3O5/c1-20-14-22-15-23(8-9-25(22)33-20)39-27-10-13-32-26-17-29(28(37-2)16-24(26)27)38-19-31(11-12-31)34(30(35)36)18-21-6-4-3-5-7-21/h3-10,13-17,33H,11-12,18-19H2,1-2H3,(H,35,36). The van der Waals surface area contributed by atoms with Gasteiger partial charge >= 0.3 is 6.09 Å². The van der Waals surface area contributed by atoms with Crippen LogP contribution < -0.4 is 14.2 Å². The molecule has 0 unspecified atom stereocenters. The van der Waals surface area contributed by atoms with Crippen molar-refractivity contribution < 1.29 is 24.1 Å². The zero-order valence-electron chi connectivity index (χ0n) is 21.8. The van der Waals surface area contributed by atoms with E-state index in [2.05, 4.69) is 16.0 Å². The molecule has 2 heterocycles. The molecule has 1 aliphatic rings. The number of fused-ring (bicyclic) bond motifs is 2. The number of pyridine rings is 1. The van der Waals surface area contributed by atoms with Crippen LogP contribution >= 0.6 is 0 Å². The number of carbonyl (C=O) groups is 1. The highest BCUT2D eigenvalue weighted by atomic mass is 16.5. The molecule has 6 rings (SSSR count). The summed E-state index contributed by atoms with van der Waals surface area (Å²) in [4.78, 5) is 21.5. The fraction of sp³-hybridized carbons (Fsp3) is 0.226. The molecule has 0 radical (unpaired) electrons. The van der Waals surface area contributed by atoms with E-state index in [1.54, 1.807) is 13.3 Å². The molecule has 1 aliphatic carbocycles. The molecule has 39 heavy (non-hydrogen) atoms. The third-order valence-electron chi connectivity index (χ3n) is 7.25. The van der Waals surface area contributed by atoms with Crippen LogP contribution in [0.1, 0.15) is 24.1 Å². The lowest BCUT2D eigenvalue weighted by Crippen LogP contribution is -2.44. The monoisotopic (exact) mass is 523 g/mol. The van der Waals surface area contributed by atoms with Gasteiger partial charge in [-0.3, -0.25) is 9.88 Å². The zero-order chi connectivity index (χ0) is 27.0. The van der Waals surface area contributed by atoms with Crippen molar-refractivity contribution in [1.29, 1.82) is 0 Å². The van der Waals surface area contributed by atoms with Crippen LogP contribution in [0.4, 0.5) is 4.79 Å². The van der Waals surface area contributed by atoms with E-state index in [-0.39, 0.29) is 6.61 Å². The van der Waals surface area contributed by atoms with E-state index in [9.17, 15) is 9.90 Å². The Balaban J connectivity index is 1.25. The number of hydrogen-bond donors (Lipinski definition) is 2. The van der Waals surface area contributed by atoms with Crippen LogP contribution in [0.2, 0.25) is 0 Å². The quantitative estimate of drug-likeness (QED) is 0.218.